The highest BCUT2D eigenvalue weighted by Gasteiger charge is 2.22. The highest BCUT2D eigenvalue weighted by Crippen LogP contribution is 2.28. The van der Waals surface area contributed by atoms with Crippen LogP contribution in [0.15, 0.2) is 73.1 Å². The lowest BCUT2D eigenvalue weighted by molar-refractivity contribution is 0.0523. The molecule has 2 heterocycles. The Balaban J connectivity index is 1.42. The van der Waals surface area contributed by atoms with Gasteiger partial charge in [-0.2, -0.15) is 0 Å². The zero-order valence-corrected chi connectivity index (χ0v) is 22.3. The largest absolute Gasteiger partial charge is 0.444 e. The first-order valence-electron chi connectivity index (χ1n) is 12.8. The highest BCUT2D eigenvalue weighted by molar-refractivity contribution is 5.94. The van der Waals surface area contributed by atoms with E-state index >= 15 is 0 Å². The molecule has 0 saturated heterocycles. The number of nitrogens with zero attached hydrogens (tertiary/aromatic N) is 2. The third-order valence-electron chi connectivity index (χ3n) is 6.51. The SMILES string of the molecule is CC(c1ccccc1)c1cncc(C(=O)N2CC=C(c3cc(CNC(=O)OC(C)(C)C)ccc3F)CC2)c1. The molecule has 0 bridgehead atoms. The summed E-state index contributed by atoms with van der Waals surface area (Å²) in [5.41, 5.74) is 4.19. The van der Waals surface area contributed by atoms with Gasteiger partial charge in [-0.05, 0) is 67.7 Å². The number of carbonyl (C=O) groups excluding carboxylic acids is 2. The van der Waals surface area contributed by atoms with Gasteiger partial charge in [0.2, 0.25) is 0 Å². The van der Waals surface area contributed by atoms with E-state index in [2.05, 4.69) is 29.4 Å². The number of ether oxygens (including phenoxy) is 1. The van der Waals surface area contributed by atoms with E-state index in [1.54, 1.807) is 50.2 Å². The van der Waals surface area contributed by atoms with Gasteiger partial charge in [0.15, 0.2) is 0 Å². The molecule has 38 heavy (non-hydrogen) atoms. The molecule has 0 spiro atoms. The van der Waals surface area contributed by atoms with Gasteiger partial charge in [-0.3, -0.25) is 9.78 Å². The van der Waals surface area contributed by atoms with Crippen LogP contribution in [0.1, 0.15) is 72.6 Å². The second-order valence-corrected chi connectivity index (χ2v) is 10.5. The number of nitrogens with one attached hydrogen (secondary N) is 1. The molecule has 1 aromatic heterocycles. The third-order valence-corrected chi connectivity index (χ3v) is 6.51. The monoisotopic (exact) mass is 515 g/mol. The van der Waals surface area contributed by atoms with Crippen LogP contribution in [0.3, 0.4) is 0 Å². The minimum Gasteiger partial charge on any atom is -0.444 e. The number of amides is 2. The lowest BCUT2D eigenvalue weighted by Gasteiger charge is -2.27. The molecule has 1 N–H and O–H groups in total. The topological polar surface area (TPSA) is 71.5 Å². The van der Waals surface area contributed by atoms with E-state index in [1.165, 1.54) is 6.07 Å². The van der Waals surface area contributed by atoms with Crippen molar-refractivity contribution in [1.29, 1.82) is 0 Å². The minimum absolute atomic E-state index is 0.0919. The summed E-state index contributed by atoms with van der Waals surface area (Å²) in [7, 11) is 0. The van der Waals surface area contributed by atoms with E-state index < -0.39 is 11.7 Å². The standard InChI is InChI=1S/C31H34FN3O3/c1-21(23-8-6-5-7-9-23)25-17-26(20-33-19-25)29(36)35-14-12-24(13-15-35)27-16-22(10-11-28(27)32)18-34-30(37)38-31(2,3)4/h5-12,16-17,19-21H,13-15,18H2,1-4H3,(H,34,37). The van der Waals surface area contributed by atoms with Crippen molar-refractivity contribution in [2.75, 3.05) is 13.1 Å². The molecule has 4 rings (SSSR count). The second kappa shape index (κ2) is 11.6. The number of carbonyl (C=O) groups is 2. The van der Waals surface area contributed by atoms with E-state index in [0.29, 0.717) is 30.6 Å². The Labute approximate surface area is 223 Å². The maximum absolute atomic E-state index is 14.7. The fourth-order valence-corrected chi connectivity index (χ4v) is 4.44. The molecular formula is C31H34FN3O3. The first kappa shape index (κ1) is 27.0. The summed E-state index contributed by atoms with van der Waals surface area (Å²) >= 11 is 0. The Hall–Kier alpha value is -4.00. The maximum atomic E-state index is 14.7. The van der Waals surface area contributed by atoms with Crippen molar-refractivity contribution in [3.63, 3.8) is 0 Å². The number of aromatic nitrogens is 1. The van der Waals surface area contributed by atoms with Crippen LogP contribution >= 0.6 is 0 Å². The van der Waals surface area contributed by atoms with Crippen molar-refractivity contribution in [3.05, 3.63) is 107 Å². The lowest BCUT2D eigenvalue weighted by Crippen LogP contribution is -2.35. The first-order chi connectivity index (χ1) is 18.1. The molecule has 0 saturated carbocycles. The molecule has 2 amide bonds. The van der Waals surface area contributed by atoms with Crippen LogP contribution in [0, 0.1) is 5.82 Å². The number of pyridine rings is 1. The molecular weight excluding hydrogens is 481 g/mol. The summed E-state index contributed by atoms with van der Waals surface area (Å²) < 4.78 is 20.0. The van der Waals surface area contributed by atoms with E-state index in [9.17, 15) is 14.0 Å². The smallest absolute Gasteiger partial charge is 0.407 e. The van der Waals surface area contributed by atoms with Gasteiger partial charge >= 0.3 is 6.09 Å². The Morgan fingerprint density at radius 2 is 1.84 bits per heavy atom. The van der Waals surface area contributed by atoms with Gasteiger partial charge in [0, 0.05) is 43.5 Å². The molecule has 198 valence electrons. The molecule has 3 aromatic rings. The highest BCUT2D eigenvalue weighted by atomic mass is 19.1. The summed E-state index contributed by atoms with van der Waals surface area (Å²) in [5.74, 6) is -0.307. The zero-order chi connectivity index (χ0) is 27.3. The van der Waals surface area contributed by atoms with Crippen molar-refractivity contribution in [1.82, 2.24) is 15.2 Å². The van der Waals surface area contributed by atoms with Crippen LogP contribution in [0.2, 0.25) is 0 Å². The number of benzene rings is 2. The van der Waals surface area contributed by atoms with Crippen molar-refractivity contribution >= 4 is 17.6 Å². The first-order valence-corrected chi connectivity index (χ1v) is 12.8. The van der Waals surface area contributed by atoms with Crippen molar-refractivity contribution < 1.29 is 18.7 Å². The summed E-state index contributed by atoms with van der Waals surface area (Å²) in [6, 6.07) is 16.8. The third kappa shape index (κ3) is 6.85. The Morgan fingerprint density at radius 1 is 1.08 bits per heavy atom. The molecule has 0 fully saturated rings. The number of hydrogen-bond acceptors (Lipinski definition) is 4. The van der Waals surface area contributed by atoms with Crippen LogP contribution in [-0.4, -0.2) is 40.6 Å². The summed E-state index contributed by atoms with van der Waals surface area (Å²) in [6.07, 6.45) is 5.30. The van der Waals surface area contributed by atoms with Crippen molar-refractivity contribution in [2.24, 2.45) is 0 Å². The maximum Gasteiger partial charge on any atom is 0.407 e. The number of halogens is 1. The van der Waals surface area contributed by atoms with E-state index in [1.807, 2.05) is 30.3 Å². The fraction of sp³-hybridized carbons (Fsp3) is 0.323. The predicted molar refractivity (Wildman–Crippen MR) is 146 cm³/mol. The molecule has 6 nitrogen and oxygen atoms in total. The average Bonchev–Trinajstić information content (AvgIpc) is 2.91. The molecule has 1 aliphatic heterocycles. The van der Waals surface area contributed by atoms with Gasteiger partial charge in [-0.1, -0.05) is 49.4 Å². The molecule has 2 aromatic carbocycles. The van der Waals surface area contributed by atoms with Gasteiger partial charge in [-0.15, -0.1) is 0 Å². The van der Waals surface area contributed by atoms with Crippen LogP contribution in [0.5, 0.6) is 0 Å². The number of hydrogen-bond donors (Lipinski definition) is 1. The average molecular weight is 516 g/mol. The van der Waals surface area contributed by atoms with Crippen LogP contribution in [-0.2, 0) is 11.3 Å². The number of alkyl carbamates (subject to hydrolysis) is 1. The summed E-state index contributed by atoms with van der Waals surface area (Å²) in [5, 5.41) is 2.71. The normalized spacial score (nSPS) is 14.4. The van der Waals surface area contributed by atoms with Gasteiger partial charge in [0.05, 0.1) is 5.56 Å². The summed E-state index contributed by atoms with van der Waals surface area (Å²) in [6.45, 7) is 8.57. The fourth-order valence-electron chi connectivity index (χ4n) is 4.44. The molecule has 1 aliphatic rings. The number of rotatable bonds is 6. The quantitative estimate of drug-likeness (QED) is 0.417. The van der Waals surface area contributed by atoms with Gasteiger partial charge in [0.25, 0.3) is 5.91 Å². The van der Waals surface area contributed by atoms with E-state index in [-0.39, 0.29) is 24.2 Å². The van der Waals surface area contributed by atoms with Crippen molar-refractivity contribution in [3.8, 4) is 0 Å². The van der Waals surface area contributed by atoms with E-state index in [0.717, 1.165) is 22.3 Å². The molecule has 7 heteroatoms. The summed E-state index contributed by atoms with van der Waals surface area (Å²) in [4.78, 5) is 31.3. The van der Waals surface area contributed by atoms with Gasteiger partial charge in [-0.25, -0.2) is 9.18 Å². The van der Waals surface area contributed by atoms with Crippen molar-refractivity contribution in [2.45, 2.75) is 52.2 Å². The lowest BCUT2D eigenvalue weighted by atomic mass is 9.93. The molecule has 1 unspecified atom stereocenters. The zero-order valence-electron chi connectivity index (χ0n) is 22.3. The predicted octanol–water partition coefficient (Wildman–Crippen LogP) is 6.33. The Bertz CT molecular complexity index is 1330. The molecule has 0 aliphatic carbocycles. The van der Waals surface area contributed by atoms with Gasteiger partial charge in [0.1, 0.15) is 11.4 Å². The second-order valence-electron chi connectivity index (χ2n) is 10.5. The minimum atomic E-state index is -0.591. The van der Waals surface area contributed by atoms with E-state index in [4.69, 9.17) is 4.74 Å². The molecule has 0 radical (unpaired) electrons. The van der Waals surface area contributed by atoms with Crippen LogP contribution < -0.4 is 5.32 Å². The molecule has 1 atom stereocenters. The Morgan fingerprint density at radius 3 is 2.53 bits per heavy atom. The van der Waals surface area contributed by atoms with Crippen LogP contribution in [0.25, 0.3) is 5.57 Å². The van der Waals surface area contributed by atoms with Crippen LogP contribution in [0.4, 0.5) is 9.18 Å². The van der Waals surface area contributed by atoms with Gasteiger partial charge < -0.3 is 15.0 Å². The Kier molecular flexibility index (Phi) is 8.25.